The van der Waals surface area contributed by atoms with Gasteiger partial charge in [0.05, 0.1) is 0 Å². The molecule has 0 atom stereocenters. The first kappa shape index (κ1) is 9.70. The van der Waals surface area contributed by atoms with Crippen LogP contribution < -0.4 is 0 Å². The molecule has 0 saturated carbocycles. The Morgan fingerprint density at radius 2 is 1.67 bits per heavy atom. The molecule has 1 radical (unpaired) electrons. The van der Waals surface area contributed by atoms with E-state index in [1.54, 1.807) is 0 Å². The van der Waals surface area contributed by atoms with E-state index in [4.69, 9.17) is 5.11 Å². The fourth-order valence-electron chi connectivity index (χ4n) is 0. The van der Waals surface area contributed by atoms with Crippen molar-refractivity contribution < 1.29 is 22.2 Å². The summed E-state index contributed by atoms with van der Waals surface area (Å²) in [5, 5.41) is 8.14. The summed E-state index contributed by atoms with van der Waals surface area (Å²) < 4.78 is 0. The quantitative estimate of drug-likeness (QED) is 0.526. The molecule has 0 unspecified atom stereocenters. The average molecular weight is 138 g/mol. The summed E-state index contributed by atoms with van der Waals surface area (Å²) in [6.07, 6.45) is 0. The zero-order valence-electron chi connectivity index (χ0n) is 4.03. The zero-order chi connectivity index (χ0) is 4.28. The predicted octanol–water partition coefficient (Wildman–Crippen LogP) is 0.632. The van der Waals surface area contributed by atoms with Crippen LogP contribution >= 0.6 is 0 Å². The molecule has 1 nitrogen and oxygen atoms in total. The van der Waals surface area contributed by atoms with Crippen LogP contribution in [0.15, 0.2) is 0 Å². The van der Waals surface area contributed by atoms with Gasteiger partial charge in [0.25, 0.3) is 0 Å². The third kappa shape index (κ3) is 8.82. The molecule has 0 aromatic carbocycles. The molecule has 0 fully saturated rings. The summed E-state index contributed by atoms with van der Waals surface area (Å²) in [5.74, 6) is 0.440. The molecule has 0 aromatic rings. The summed E-state index contributed by atoms with van der Waals surface area (Å²) in [6.45, 7) is 4.25. The molecule has 0 spiro atoms. The Kier molecular flexibility index (Phi) is 8.85. The van der Waals surface area contributed by atoms with Crippen LogP contribution in [-0.4, -0.2) is 11.7 Å². The van der Waals surface area contributed by atoms with Gasteiger partial charge in [0.15, 0.2) is 0 Å². The Bertz CT molecular complexity index is 21.5. The van der Waals surface area contributed by atoms with Gasteiger partial charge >= 0.3 is 0 Å². The third-order valence-corrected chi connectivity index (χ3v) is 0.365. The normalized spacial score (nSPS) is 8.00. The number of aliphatic hydroxyl groups excluding tert-OH is 1. The Hall–Kier alpha value is 0.479. The maximum Gasteiger partial charge on any atom is 0.0453 e. The van der Waals surface area contributed by atoms with Gasteiger partial charge in [-0.1, -0.05) is 13.8 Å². The Morgan fingerprint density at radius 1 is 1.50 bits per heavy atom. The van der Waals surface area contributed by atoms with E-state index in [-0.39, 0.29) is 17.1 Å². The van der Waals surface area contributed by atoms with E-state index in [9.17, 15) is 0 Å². The number of aliphatic hydroxyl groups is 1. The van der Waals surface area contributed by atoms with Crippen LogP contribution in [0.2, 0.25) is 0 Å². The minimum atomic E-state index is 0. The van der Waals surface area contributed by atoms with Gasteiger partial charge in [-0.25, -0.2) is 0 Å². The maximum absolute atomic E-state index is 8.14. The molecule has 0 bridgehead atoms. The molecule has 0 aromatic heterocycles. The molecule has 2 heteroatoms. The first-order valence-electron chi connectivity index (χ1n) is 1.88. The fourth-order valence-corrected chi connectivity index (χ4v) is 0. The van der Waals surface area contributed by atoms with Crippen molar-refractivity contribution in [3.63, 3.8) is 0 Å². The minimum Gasteiger partial charge on any atom is -0.396 e. The SMILES string of the molecule is CC(C)CO.[Cu]. The molecule has 0 rings (SSSR count). The van der Waals surface area contributed by atoms with E-state index < -0.39 is 0 Å². The van der Waals surface area contributed by atoms with Crippen molar-refractivity contribution in [3.05, 3.63) is 0 Å². The molecular weight excluding hydrogens is 128 g/mol. The zero-order valence-corrected chi connectivity index (χ0v) is 4.97. The molecular formula is C4H10CuO. The van der Waals surface area contributed by atoms with Crippen molar-refractivity contribution in [1.29, 1.82) is 0 Å². The van der Waals surface area contributed by atoms with E-state index in [2.05, 4.69) is 0 Å². The number of hydrogen-bond acceptors (Lipinski definition) is 1. The molecule has 0 aliphatic heterocycles. The second kappa shape index (κ2) is 5.48. The van der Waals surface area contributed by atoms with Crippen molar-refractivity contribution >= 4 is 0 Å². The second-order valence-electron chi connectivity index (χ2n) is 1.58. The Morgan fingerprint density at radius 3 is 1.67 bits per heavy atom. The van der Waals surface area contributed by atoms with Crippen LogP contribution in [0.1, 0.15) is 13.8 Å². The third-order valence-electron chi connectivity index (χ3n) is 0.365. The van der Waals surface area contributed by atoms with Crippen molar-refractivity contribution in [2.75, 3.05) is 6.61 Å². The van der Waals surface area contributed by atoms with Gasteiger partial charge in [0.2, 0.25) is 0 Å². The summed E-state index contributed by atoms with van der Waals surface area (Å²) in [6, 6.07) is 0. The Balaban J connectivity index is 0. The monoisotopic (exact) mass is 137 g/mol. The van der Waals surface area contributed by atoms with Gasteiger partial charge in [0, 0.05) is 23.7 Å². The predicted molar refractivity (Wildman–Crippen MR) is 21.9 cm³/mol. The van der Waals surface area contributed by atoms with Crippen LogP contribution in [0.3, 0.4) is 0 Å². The van der Waals surface area contributed by atoms with Crippen molar-refractivity contribution in [1.82, 2.24) is 0 Å². The maximum atomic E-state index is 8.14. The minimum absolute atomic E-state index is 0. The first-order valence-corrected chi connectivity index (χ1v) is 1.88. The molecule has 0 aliphatic rings. The van der Waals surface area contributed by atoms with Crippen molar-refractivity contribution in [2.45, 2.75) is 13.8 Å². The molecule has 6 heavy (non-hydrogen) atoms. The van der Waals surface area contributed by atoms with E-state index >= 15 is 0 Å². The summed E-state index contributed by atoms with van der Waals surface area (Å²) >= 11 is 0. The van der Waals surface area contributed by atoms with Crippen LogP contribution in [0.5, 0.6) is 0 Å². The Labute approximate surface area is 49.2 Å². The van der Waals surface area contributed by atoms with E-state index in [0.29, 0.717) is 12.5 Å². The van der Waals surface area contributed by atoms with Crippen molar-refractivity contribution in [2.24, 2.45) is 5.92 Å². The summed E-state index contributed by atoms with van der Waals surface area (Å²) in [4.78, 5) is 0. The molecule has 0 heterocycles. The smallest absolute Gasteiger partial charge is 0.0453 e. The topological polar surface area (TPSA) is 20.2 Å². The second-order valence-corrected chi connectivity index (χ2v) is 1.58. The van der Waals surface area contributed by atoms with Crippen LogP contribution in [0.25, 0.3) is 0 Å². The van der Waals surface area contributed by atoms with Gasteiger partial charge in [0.1, 0.15) is 0 Å². The molecule has 0 aliphatic carbocycles. The van der Waals surface area contributed by atoms with E-state index in [1.807, 2.05) is 13.8 Å². The van der Waals surface area contributed by atoms with E-state index in [1.165, 1.54) is 0 Å². The van der Waals surface area contributed by atoms with Crippen molar-refractivity contribution in [3.8, 4) is 0 Å². The van der Waals surface area contributed by atoms with Gasteiger partial charge in [-0.15, -0.1) is 0 Å². The number of hydrogen-bond donors (Lipinski definition) is 1. The first-order chi connectivity index (χ1) is 2.27. The standard InChI is InChI=1S/C4H10O.Cu/c1-4(2)3-5;/h4-5H,3H2,1-2H3;. The fraction of sp³-hybridized carbons (Fsp3) is 1.00. The van der Waals surface area contributed by atoms with Gasteiger partial charge in [-0.2, -0.15) is 0 Å². The van der Waals surface area contributed by atoms with E-state index in [0.717, 1.165) is 0 Å². The van der Waals surface area contributed by atoms with Crippen LogP contribution in [-0.2, 0) is 17.1 Å². The van der Waals surface area contributed by atoms with Crippen LogP contribution in [0.4, 0.5) is 0 Å². The van der Waals surface area contributed by atoms with Gasteiger partial charge in [-0.3, -0.25) is 0 Å². The average Bonchev–Trinajstić information content (AvgIpc) is 1.38. The largest absolute Gasteiger partial charge is 0.396 e. The van der Waals surface area contributed by atoms with Crippen LogP contribution in [0, 0.1) is 5.92 Å². The van der Waals surface area contributed by atoms with Gasteiger partial charge < -0.3 is 5.11 Å². The molecule has 0 amide bonds. The summed E-state index contributed by atoms with van der Waals surface area (Å²) in [5.41, 5.74) is 0. The molecule has 0 saturated heterocycles. The molecule has 1 N–H and O–H groups in total. The number of rotatable bonds is 1. The van der Waals surface area contributed by atoms with Gasteiger partial charge in [-0.05, 0) is 5.92 Å². The summed E-state index contributed by atoms with van der Waals surface area (Å²) in [7, 11) is 0. The molecule has 43 valence electrons.